The van der Waals surface area contributed by atoms with Crippen LogP contribution in [0.2, 0.25) is 0 Å². The molecule has 2 aromatic rings. The molecule has 0 aliphatic carbocycles. The normalized spacial score (nSPS) is 15.6. The summed E-state index contributed by atoms with van der Waals surface area (Å²) in [6, 6.07) is 16.1. The van der Waals surface area contributed by atoms with Gasteiger partial charge in [-0.2, -0.15) is 5.26 Å². The second-order valence-corrected chi connectivity index (χ2v) is 7.86. The Hall–Kier alpha value is -3.57. The van der Waals surface area contributed by atoms with Crippen LogP contribution in [0.15, 0.2) is 59.1 Å². The van der Waals surface area contributed by atoms with Crippen LogP contribution in [0.5, 0.6) is 5.75 Å². The van der Waals surface area contributed by atoms with Gasteiger partial charge in [0.2, 0.25) is 11.8 Å². The Morgan fingerprint density at radius 2 is 2.03 bits per heavy atom. The predicted octanol–water partition coefficient (Wildman–Crippen LogP) is 3.61. The van der Waals surface area contributed by atoms with E-state index in [0.29, 0.717) is 27.6 Å². The molecule has 1 aliphatic heterocycles. The van der Waals surface area contributed by atoms with Crippen molar-refractivity contribution in [1.82, 2.24) is 5.32 Å². The fourth-order valence-corrected chi connectivity index (χ4v) is 4.18. The van der Waals surface area contributed by atoms with Crippen molar-refractivity contribution in [1.29, 1.82) is 5.26 Å². The number of nitrogens with zero attached hydrogens (tertiary/aromatic N) is 1. The lowest BCUT2D eigenvalue weighted by molar-refractivity contribution is -0.121. The minimum atomic E-state index is -0.451. The van der Waals surface area contributed by atoms with Gasteiger partial charge in [0.15, 0.2) is 5.78 Å². The van der Waals surface area contributed by atoms with Crippen LogP contribution in [0.3, 0.4) is 0 Å². The average molecular weight is 436 g/mol. The Morgan fingerprint density at radius 1 is 1.26 bits per heavy atom. The van der Waals surface area contributed by atoms with E-state index in [1.807, 2.05) is 18.2 Å². The summed E-state index contributed by atoms with van der Waals surface area (Å²) in [7, 11) is 1.54. The van der Waals surface area contributed by atoms with Crippen molar-refractivity contribution in [3.8, 4) is 11.8 Å². The molecule has 158 valence electrons. The maximum atomic E-state index is 12.4. The van der Waals surface area contributed by atoms with E-state index < -0.39 is 5.92 Å². The summed E-state index contributed by atoms with van der Waals surface area (Å²) < 4.78 is 5.39. The molecule has 1 atom stereocenters. The Balaban J connectivity index is 1.77. The molecule has 0 saturated heterocycles. The Kier molecular flexibility index (Phi) is 7.11. The van der Waals surface area contributed by atoms with E-state index in [0.717, 1.165) is 17.3 Å². The molecule has 1 unspecified atom stereocenters. The molecule has 1 heterocycles. The number of carbonyl (C=O) groups excluding carboxylic acids is 3. The fourth-order valence-electron chi connectivity index (χ4n) is 3.30. The van der Waals surface area contributed by atoms with Crippen molar-refractivity contribution in [3.63, 3.8) is 0 Å². The first-order valence-corrected chi connectivity index (χ1v) is 10.5. The number of amides is 2. The lowest BCUT2D eigenvalue weighted by Gasteiger charge is -2.26. The monoisotopic (exact) mass is 435 g/mol. The number of methoxy groups -OCH3 is 1. The lowest BCUT2D eigenvalue weighted by Crippen LogP contribution is -2.31. The molecule has 0 radical (unpaired) electrons. The molecule has 31 heavy (non-hydrogen) atoms. The van der Waals surface area contributed by atoms with Crippen molar-refractivity contribution in [2.75, 3.05) is 18.2 Å². The minimum absolute atomic E-state index is 0.0102. The number of ketones is 1. The predicted molar refractivity (Wildman–Crippen MR) is 119 cm³/mol. The fraction of sp³-hybridized carbons (Fsp3) is 0.217. The third kappa shape index (κ3) is 5.32. The van der Waals surface area contributed by atoms with Gasteiger partial charge in [-0.05, 0) is 25.1 Å². The summed E-state index contributed by atoms with van der Waals surface area (Å²) in [5, 5.41) is 15.6. The number of nitrogens with one attached hydrogen (secondary N) is 2. The highest BCUT2D eigenvalue weighted by atomic mass is 32.2. The quantitative estimate of drug-likeness (QED) is 0.643. The molecule has 7 nitrogen and oxygen atoms in total. The third-order valence-electron chi connectivity index (χ3n) is 4.77. The molecular formula is C23H21N3O4S. The molecule has 0 saturated carbocycles. The Morgan fingerprint density at radius 3 is 2.74 bits per heavy atom. The van der Waals surface area contributed by atoms with Gasteiger partial charge in [0.25, 0.3) is 0 Å². The van der Waals surface area contributed by atoms with E-state index in [-0.39, 0.29) is 29.8 Å². The number of thioether (sulfide) groups is 1. The third-order valence-corrected chi connectivity index (χ3v) is 5.79. The number of anilines is 1. The summed E-state index contributed by atoms with van der Waals surface area (Å²) in [6.45, 7) is 1.45. The second-order valence-electron chi connectivity index (χ2n) is 6.88. The lowest BCUT2D eigenvalue weighted by atomic mass is 9.86. The zero-order chi connectivity index (χ0) is 22.4. The SMILES string of the molecule is COc1ccccc1C1CC(=O)NC(SCC(=O)Nc2cccc(C(C)=O)c2)=C1C#N. The van der Waals surface area contributed by atoms with Crippen LogP contribution in [0.25, 0.3) is 0 Å². The van der Waals surface area contributed by atoms with E-state index in [1.165, 1.54) is 6.92 Å². The number of Topliss-reactive ketones (excluding diaryl/α,β-unsaturated/α-hetero) is 1. The second kappa shape index (κ2) is 9.96. The molecule has 1 aliphatic rings. The number of ether oxygens (including phenoxy) is 1. The van der Waals surface area contributed by atoms with Crippen LogP contribution in [0, 0.1) is 11.3 Å². The maximum Gasteiger partial charge on any atom is 0.234 e. The maximum absolute atomic E-state index is 12.4. The zero-order valence-corrected chi connectivity index (χ0v) is 17.9. The number of allylic oxidation sites excluding steroid dienone is 1. The van der Waals surface area contributed by atoms with E-state index >= 15 is 0 Å². The summed E-state index contributed by atoms with van der Waals surface area (Å²) in [5.74, 6) is -0.503. The number of nitriles is 1. The van der Waals surface area contributed by atoms with Gasteiger partial charge in [0, 0.05) is 29.2 Å². The summed E-state index contributed by atoms with van der Waals surface area (Å²) in [5.41, 5.74) is 2.15. The topological polar surface area (TPSA) is 108 Å². The number of rotatable bonds is 7. The number of hydrogen-bond donors (Lipinski definition) is 2. The molecular weight excluding hydrogens is 414 g/mol. The molecule has 8 heteroatoms. The van der Waals surface area contributed by atoms with Gasteiger partial charge in [-0.1, -0.05) is 42.1 Å². The molecule has 0 spiro atoms. The van der Waals surface area contributed by atoms with Crippen LogP contribution in [-0.4, -0.2) is 30.5 Å². The van der Waals surface area contributed by atoms with Crippen LogP contribution in [0.4, 0.5) is 5.69 Å². The van der Waals surface area contributed by atoms with Gasteiger partial charge < -0.3 is 15.4 Å². The highest BCUT2D eigenvalue weighted by Crippen LogP contribution is 2.39. The van der Waals surface area contributed by atoms with Gasteiger partial charge >= 0.3 is 0 Å². The molecule has 0 fully saturated rings. The highest BCUT2D eigenvalue weighted by Gasteiger charge is 2.31. The number of benzene rings is 2. The van der Waals surface area contributed by atoms with E-state index in [2.05, 4.69) is 16.7 Å². The highest BCUT2D eigenvalue weighted by molar-refractivity contribution is 8.03. The number of para-hydroxylation sites is 1. The largest absolute Gasteiger partial charge is 0.496 e. The molecule has 2 N–H and O–H groups in total. The molecule has 0 aromatic heterocycles. The summed E-state index contributed by atoms with van der Waals surface area (Å²) >= 11 is 1.09. The van der Waals surface area contributed by atoms with Gasteiger partial charge in [0.05, 0.1) is 29.5 Å². The molecule has 0 bridgehead atoms. The van der Waals surface area contributed by atoms with Crippen LogP contribution in [-0.2, 0) is 9.59 Å². The summed E-state index contributed by atoms with van der Waals surface area (Å²) in [4.78, 5) is 36.2. The average Bonchev–Trinajstić information content (AvgIpc) is 2.77. The van der Waals surface area contributed by atoms with E-state index in [4.69, 9.17) is 4.74 Å². The smallest absolute Gasteiger partial charge is 0.234 e. The standard InChI is InChI=1S/C23H21N3O4S/c1-14(27)15-6-5-7-16(10-15)25-22(29)13-31-23-19(12-24)18(11-21(28)26-23)17-8-3-4-9-20(17)30-2/h3-10,18H,11,13H2,1-2H3,(H,25,29)(H,26,28). The van der Waals surface area contributed by atoms with Crippen molar-refractivity contribution in [2.45, 2.75) is 19.3 Å². The number of carbonyl (C=O) groups is 3. The zero-order valence-electron chi connectivity index (χ0n) is 17.1. The van der Waals surface area contributed by atoms with Crippen LogP contribution in [0.1, 0.15) is 35.2 Å². The Labute approximate surface area is 184 Å². The van der Waals surface area contributed by atoms with E-state index in [9.17, 15) is 19.6 Å². The van der Waals surface area contributed by atoms with Crippen molar-refractivity contribution in [2.24, 2.45) is 0 Å². The Bertz CT molecular complexity index is 1100. The van der Waals surface area contributed by atoms with Crippen molar-refractivity contribution < 1.29 is 19.1 Å². The van der Waals surface area contributed by atoms with Crippen LogP contribution < -0.4 is 15.4 Å². The van der Waals surface area contributed by atoms with Gasteiger partial charge in [-0.15, -0.1) is 0 Å². The van der Waals surface area contributed by atoms with Crippen molar-refractivity contribution >= 4 is 35.0 Å². The van der Waals surface area contributed by atoms with E-state index in [1.54, 1.807) is 37.4 Å². The molecule has 2 amide bonds. The van der Waals surface area contributed by atoms with Crippen LogP contribution >= 0.6 is 11.8 Å². The summed E-state index contributed by atoms with van der Waals surface area (Å²) in [6.07, 6.45) is 0.122. The van der Waals surface area contributed by atoms with Crippen molar-refractivity contribution in [3.05, 3.63) is 70.3 Å². The molecule has 3 rings (SSSR count). The first-order valence-electron chi connectivity index (χ1n) is 9.53. The molecule has 2 aromatic carbocycles. The van der Waals surface area contributed by atoms with Gasteiger partial charge in [-0.25, -0.2) is 0 Å². The van der Waals surface area contributed by atoms with Gasteiger partial charge in [-0.3, -0.25) is 14.4 Å². The number of hydrogen-bond acceptors (Lipinski definition) is 6. The minimum Gasteiger partial charge on any atom is -0.496 e. The first-order chi connectivity index (χ1) is 14.9. The van der Waals surface area contributed by atoms with Gasteiger partial charge in [0.1, 0.15) is 5.75 Å². The first kappa shape index (κ1) is 22.1.